The van der Waals surface area contributed by atoms with E-state index < -0.39 is 41.0 Å². The van der Waals surface area contributed by atoms with Crippen LogP contribution in [0.15, 0.2) is 60.7 Å². The van der Waals surface area contributed by atoms with Gasteiger partial charge in [-0.05, 0) is 53.6 Å². The molecule has 1 N–H and O–H groups in total. The average molecular weight is 561 g/mol. The van der Waals surface area contributed by atoms with Crippen molar-refractivity contribution in [2.75, 3.05) is 0 Å². The van der Waals surface area contributed by atoms with Crippen molar-refractivity contribution in [3.63, 3.8) is 0 Å². The zero-order valence-corrected chi connectivity index (χ0v) is 20.3. The Kier molecular flexibility index (Phi) is 7.09. The summed E-state index contributed by atoms with van der Waals surface area (Å²) in [7, 11) is 1.28. The summed E-state index contributed by atoms with van der Waals surface area (Å²) in [6, 6.07) is 13.3. The normalized spacial score (nSPS) is 12.1. The van der Waals surface area contributed by atoms with E-state index in [1.165, 1.54) is 25.2 Å². The summed E-state index contributed by atoms with van der Waals surface area (Å²) in [5.41, 5.74) is -1.32. The van der Waals surface area contributed by atoms with Crippen LogP contribution in [0.2, 0.25) is 10.0 Å². The first-order valence-electron chi connectivity index (χ1n) is 10.5. The van der Waals surface area contributed by atoms with E-state index in [9.17, 15) is 31.4 Å². The predicted molar refractivity (Wildman–Crippen MR) is 127 cm³/mol. The van der Waals surface area contributed by atoms with Crippen LogP contribution in [0.4, 0.5) is 26.3 Å². The Balaban J connectivity index is 1.80. The number of phenols is 1. The standard InChI is InChI=1S/C25H16Cl2F6N2O2/c1-35-20(11-21(34-35)25(31,32)33)17-8-7-16(14-3-5-15(26)6-4-14)23(22(17)36)37-12-13-2-9-19(27)18(10-13)24(28,29)30/h2-11,36H,12H2,1H3. The number of rotatable bonds is 5. The molecule has 3 aromatic carbocycles. The smallest absolute Gasteiger partial charge is 0.435 e. The summed E-state index contributed by atoms with van der Waals surface area (Å²) in [6.45, 7) is -0.406. The Morgan fingerprint density at radius 1 is 0.865 bits per heavy atom. The topological polar surface area (TPSA) is 47.3 Å². The third kappa shape index (κ3) is 5.65. The molecule has 0 aliphatic heterocycles. The van der Waals surface area contributed by atoms with Crippen LogP contribution in [0, 0.1) is 0 Å². The highest BCUT2D eigenvalue weighted by Gasteiger charge is 2.35. The molecule has 4 aromatic rings. The van der Waals surface area contributed by atoms with E-state index in [2.05, 4.69) is 5.10 Å². The lowest BCUT2D eigenvalue weighted by molar-refractivity contribution is -0.141. The van der Waals surface area contributed by atoms with Crippen LogP contribution in [0.25, 0.3) is 22.4 Å². The third-order valence-corrected chi connectivity index (χ3v) is 6.03. The second kappa shape index (κ2) is 9.83. The van der Waals surface area contributed by atoms with Crippen molar-refractivity contribution in [1.29, 1.82) is 0 Å². The molecule has 0 bridgehead atoms. The van der Waals surface area contributed by atoms with Gasteiger partial charge in [-0.3, -0.25) is 4.68 Å². The molecular formula is C25H16Cl2F6N2O2. The number of aromatic nitrogens is 2. The Hall–Kier alpha value is -3.37. The number of nitrogens with zero attached hydrogens (tertiary/aromatic N) is 2. The molecule has 4 rings (SSSR count). The van der Waals surface area contributed by atoms with Crippen LogP contribution in [0.5, 0.6) is 11.5 Å². The molecule has 0 unspecified atom stereocenters. The molecule has 0 aliphatic carbocycles. The number of ether oxygens (including phenoxy) is 1. The molecule has 0 aliphatic rings. The number of hydrogen-bond donors (Lipinski definition) is 1. The summed E-state index contributed by atoms with van der Waals surface area (Å²) < 4.78 is 86.1. The van der Waals surface area contributed by atoms with Crippen molar-refractivity contribution >= 4 is 23.2 Å². The molecule has 0 atom stereocenters. The largest absolute Gasteiger partial charge is 0.504 e. The quantitative estimate of drug-likeness (QED) is 0.249. The number of benzene rings is 3. The first-order chi connectivity index (χ1) is 17.3. The lowest BCUT2D eigenvalue weighted by Gasteiger charge is -2.17. The fourth-order valence-electron chi connectivity index (χ4n) is 3.67. The summed E-state index contributed by atoms with van der Waals surface area (Å²) in [6.07, 6.45) is -9.40. The molecule has 0 saturated carbocycles. The van der Waals surface area contributed by atoms with Crippen molar-refractivity contribution in [3.8, 4) is 33.9 Å². The zero-order valence-electron chi connectivity index (χ0n) is 18.8. The maximum absolute atomic E-state index is 13.3. The molecule has 0 fully saturated rings. The van der Waals surface area contributed by atoms with E-state index in [0.717, 1.165) is 22.9 Å². The molecule has 4 nitrogen and oxygen atoms in total. The Morgan fingerprint density at radius 2 is 1.51 bits per heavy atom. The van der Waals surface area contributed by atoms with Gasteiger partial charge in [-0.2, -0.15) is 31.4 Å². The third-order valence-electron chi connectivity index (χ3n) is 5.45. The highest BCUT2D eigenvalue weighted by atomic mass is 35.5. The number of aryl methyl sites for hydroxylation is 1. The first-order valence-corrected chi connectivity index (χ1v) is 11.2. The van der Waals surface area contributed by atoms with E-state index in [4.69, 9.17) is 27.9 Å². The molecule has 0 spiro atoms. The van der Waals surface area contributed by atoms with Crippen LogP contribution in [-0.4, -0.2) is 14.9 Å². The minimum Gasteiger partial charge on any atom is -0.504 e. The van der Waals surface area contributed by atoms with Gasteiger partial charge in [0.1, 0.15) is 6.61 Å². The lowest BCUT2D eigenvalue weighted by Crippen LogP contribution is -2.07. The molecular weight excluding hydrogens is 545 g/mol. The highest BCUT2D eigenvalue weighted by Crippen LogP contribution is 2.45. The fraction of sp³-hybridized carbons (Fsp3) is 0.160. The summed E-state index contributed by atoms with van der Waals surface area (Å²) in [5, 5.41) is 14.5. The fourth-order valence-corrected chi connectivity index (χ4v) is 4.02. The number of phenolic OH excluding ortho intramolecular Hbond substituents is 1. The number of halogens is 8. The molecule has 1 aromatic heterocycles. The molecule has 0 radical (unpaired) electrons. The van der Waals surface area contributed by atoms with Gasteiger partial charge in [0.15, 0.2) is 17.2 Å². The van der Waals surface area contributed by atoms with Crippen LogP contribution in [0.3, 0.4) is 0 Å². The minimum absolute atomic E-state index is 0.0229. The first kappa shape index (κ1) is 26.7. The molecule has 194 valence electrons. The second-order valence-electron chi connectivity index (χ2n) is 7.98. The van der Waals surface area contributed by atoms with Gasteiger partial charge >= 0.3 is 12.4 Å². The number of aromatic hydroxyl groups is 1. The molecule has 0 amide bonds. The zero-order chi connectivity index (χ0) is 27.1. The van der Waals surface area contributed by atoms with Crippen molar-refractivity contribution in [1.82, 2.24) is 9.78 Å². The molecule has 0 saturated heterocycles. The van der Waals surface area contributed by atoms with Gasteiger partial charge in [0.05, 0.1) is 16.3 Å². The van der Waals surface area contributed by atoms with E-state index in [1.54, 1.807) is 24.3 Å². The van der Waals surface area contributed by atoms with Gasteiger partial charge in [-0.1, -0.05) is 41.4 Å². The average Bonchev–Trinajstić information content (AvgIpc) is 3.21. The van der Waals surface area contributed by atoms with Gasteiger partial charge in [0.2, 0.25) is 0 Å². The maximum Gasteiger partial charge on any atom is 0.435 e. The van der Waals surface area contributed by atoms with Crippen molar-refractivity contribution in [3.05, 3.63) is 87.5 Å². The van der Waals surface area contributed by atoms with Gasteiger partial charge in [-0.25, -0.2) is 0 Å². The SMILES string of the molecule is Cn1nc(C(F)(F)F)cc1-c1ccc(-c2ccc(Cl)cc2)c(OCc2ccc(Cl)c(C(F)(F)F)c2)c1O. The maximum atomic E-state index is 13.3. The Morgan fingerprint density at radius 3 is 2.11 bits per heavy atom. The van der Waals surface area contributed by atoms with Gasteiger partial charge in [0.25, 0.3) is 0 Å². The second-order valence-corrected chi connectivity index (χ2v) is 8.83. The predicted octanol–water partition coefficient (Wildman–Crippen LogP) is 8.38. The van der Waals surface area contributed by atoms with Crippen LogP contribution in [0.1, 0.15) is 16.8 Å². The molecule has 37 heavy (non-hydrogen) atoms. The summed E-state index contributed by atoms with van der Waals surface area (Å²) in [4.78, 5) is 0. The van der Waals surface area contributed by atoms with Gasteiger partial charge in [0, 0.05) is 23.2 Å². The van der Waals surface area contributed by atoms with Gasteiger partial charge < -0.3 is 9.84 Å². The van der Waals surface area contributed by atoms with Crippen molar-refractivity contribution in [2.24, 2.45) is 7.05 Å². The van der Waals surface area contributed by atoms with Gasteiger partial charge in [-0.15, -0.1) is 0 Å². The van der Waals surface area contributed by atoms with Crippen LogP contribution in [-0.2, 0) is 26.0 Å². The van der Waals surface area contributed by atoms with E-state index >= 15 is 0 Å². The van der Waals surface area contributed by atoms with E-state index in [1.807, 2.05) is 0 Å². The molecule has 12 heteroatoms. The van der Waals surface area contributed by atoms with E-state index in [0.29, 0.717) is 16.1 Å². The summed E-state index contributed by atoms with van der Waals surface area (Å²) >= 11 is 11.6. The highest BCUT2D eigenvalue weighted by molar-refractivity contribution is 6.31. The van der Waals surface area contributed by atoms with Crippen LogP contribution >= 0.6 is 23.2 Å². The Labute approximate surface area is 216 Å². The van der Waals surface area contributed by atoms with Crippen molar-refractivity contribution < 1.29 is 36.2 Å². The number of alkyl halides is 6. The Bertz CT molecular complexity index is 1450. The lowest BCUT2D eigenvalue weighted by atomic mass is 10.00. The summed E-state index contributed by atoms with van der Waals surface area (Å²) in [5.74, 6) is -0.674. The monoisotopic (exact) mass is 560 g/mol. The van der Waals surface area contributed by atoms with Crippen LogP contribution < -0.4 is 4.74 Å². The van der Waals surface area contributed by atoms with E-state index in [-0.39, 0.29) is 22.6 Å². The van der Waals surface area contributed by atoms with Crippen molar-refractivity contribution in [2.45, 2.75) is 19.0 Å². The number of hydrogen-bond acceptors (Lipinski definition) is 3. The minimum atomic E-state index is -4.71. The molecule has 1 heterocycles.